The summed E-state index contributed by atoms with van der Waals surface area (Å²) in [6, 6.07) is 17.7. The molecule has 0 spiro atoms. The van der Waals surface area contributed by atoms with Crippen LogP contribution >= 0.6 is 11.8 Å². The summed E-state index contributed by atoms with van der Waals surface area (Å²) in [6.45, 7) is 4.00. The molecular weight excluding hydrogens is 386 g/mol. The third-order valence-electron chi connectivity index (χ3n) is 3.71. The minimum absolute atomic E-state index is 0.0993. The van der Waals surface area contributed by atoms with Crippen LogP contribution in [-0.4, -0.2) is 32.0 Å². The van der Waals surface area contributed by atoms with Gasteiger partial charge in [0.15, 0.2) is 17.3 Å². The van der Waals surface area contributed by atoms with Crippen molar-refractivity contribution in [1.82, 2.24) is 15.2 Å². The Morgan fingerprint density at radius 3 is 2.69 bits per heavy atom. The molecule has 0 saturated carbocycles. The van der Waals surface area contributed by atoms with E-state index in [-0.39, 0.29) is 5.75 Å². The van der Waals surface area contributed by atoms with Crippen LogP contribution in [0.3, 0.4) is 0 Å². The first-order valence-electron chi connectivity index (χ1n) is 9.05. The van der Waals surface area contributed by atoms with Crippen LogP contribution in [0.4, 0.5) is 0 Å². The maximum Gasteiger partial charge on any atom is 0.313 e. The van der Waals surface area contributed by atoms with E-state index in [1.807, 2.05) is 44.2 Å². The van der Waals surface area contributed by atoms with Crippen LogP contribution in [0.1, 0.15) is 25.2 Å². The Bertz CT molecular complexity index is 1180. The predicted octanol–water partition coefficient (Wildman–Crippen LogP) is 4.82. The van der Waals surface area contributed by atoms with Crippen molar-refractivity contribution in [2.45, 2.75) is 19.0 Å². The molecule has 146 valence electrons. The highest BCUT2D eigenvalue weighted by atomic mass is 32.2. The lowest BCUT2D eigenvalue weighted by atomic mass is 10.1. The molecule has 2 aromatic heterocycles. The summed E-state index contributed by atoms with van der Waals surface area (Å²) in [5.74, 6) is 6.51. The topological polar surface area (TPSA) is 92.0 Å². The Balaban J connectivity index is 0.00000117. The largest absolute Gasteiger partial charge is 0.481 e. The van der Waals surface area contributed by atoms with E-state index in [1.54, 1.807) is 12.1 Å². The van der Waals surface area contributed by atoms with Gasteiger partial charge in [-0.3, -0.25) is 9.89 Å². The van der Waals surface area contributed by atoms with E-state index >= 15 is 0 Å². The average molecular weight is 405 g/mol. The van der Waals surface area contributed by atoms with E-state index in [2.05, 4.69) is 39.2 Å². The van der Waals surface area contributed by atoms with Gasteiger partial charge < -0.3 is 9.52 Å². The molecule has 2 aromatic carbocycles. The summed E-state index contributed by atoms with van der Waals surface area (Å²) in [7, 11) is 0. The summed E-state index contributed by atoms with van der Waals surface area (Å²) < 4.78 is 5.68. The molecule has 0 amide bonds. The predicted molar refractivity (Wildman–Crippen MR) is 114 cm³/mol. The summed E-state index contributed by atoms with van der Waals surface area (Å²) >= 11 is 1.04. The van der Waals surface area contributed by atoms with Gasteiger partial charge in [0.1, 0.15) is 0 Å². The lowest BCUT2D eigenvalue weighted by molar-refractivity contribution is -0.133. The van der Waals surface area contributed by atoms with Gasteiger partial charge in [-0.05, 0) is 41.0 Å². The Kier molecular flexibility index (Phi) is 6.72. The van der Waals surface area contributed by atoms with Gasteiger partial charge in [0.2, 0.25) is 5.16 Å². The van der Waals surface area contributed by atoms with Crippen molar-refractivity contribution >= 4 is 28.5 Å². The molecule has 0 fully saturated rings. The zero-order chi connectivity index (χ0) is 20.6. The molecule has 4 rings (SSSR count). The Morgan fingerprint density at radius 1 is 1.10 bits per heavy atom. The number of fused-ring (bicyclic) bond motifs is 1. The number of aromatic amines is 1. The monoisotopic (exact) mass is 405 g/mol. The fourth-order valence-electron chi connectivity index (χ4n) is 2.48. The van der Waals surface area contributed by atoms with Gasteiger partial charge in [0.05, 0.1) is 5.75 Å². The second kappa shape index (κ2) is 9.62. The van der Waals surface area contributed by atoms with Crippen molar-refractivity contribution in [3.63, 3.8) is 0 Å². The lowest BCUT2D eigenvalue weighted by Gasteiger charge is -1.97. The third-order valence-corrected chi connectivity index (χ3v) is 4.54. The number of carboxylic acids is 1. The number of carbonyl (C=O) groups is 1. The second-order valence-corrected chi connectivity index (χ2v) is 6.57. The number of aliphatic carboxylic acids is 1. The van der Waals surface area contributed by atoms with Crippen LogP contribution < -0.4 is 0 Å². The number of carboxylic acid groups (broad SMARTS) is 1. The lowest BCUT2D eigenvalue weighted by Crippen LogP contribution is -1.97. The molecule has 0 radical (unpaired) electrons. The van der Waals surface area contributed by atoms with Gasteiger partial charge in [-0.1, -0.05) is 61.9 Å². The van der Waals surface area contributed by atoms with Crippen molar-refractivity contribution in [2.24, 2.45) is 0 Å². The molecule has 6 nitrogen and oxygen atoms in total. The van der Waals surface area contributed by atoms with Crippen molar-refractivity contribution in [2.75, 3.05) is 5.75 Å². The minimum atomic E-state index is -0.921. The molecule has 0 bridgehead atoms. The first kappa shape index (κ1) is 20.2. The van der Waals surface area contributed by atoms with Crippen LogP contribution in [0, 0.1) is 11.8 Å². The van der Waals surface area contributed by atoms with Crippen molar-refractivity contribution < 1.29 is 14.3 Å². The van der Waals surface area contributed by atoms with Gasteiger partial charge in [-0.2, -0.15) is 4.98 Å². The summed E-state index contributed by atoms with van der Waals surface area (Å²) in [5, 5.41) is 18.1. The zero-order valence-corrected chi connectivity index (χ0v) is 16.8. The zero-order valence-electron chi connectivity index (χ0n) is 16.0. The number of rotatable bonds is 4. The van der Waals surface area contributed by atoms with Gasteiger partial charge in [-0.15, -0.1) is 5.10 Å². The Hall–Kier alpha value is -3.50. The SMILES string of the molecule is CC.O=C(O)CSc1n[nH]c(-c2ccc(C#Cc3ccc4ccccc4c3)o2)n1. The van der Waals surface area contributed by atoms with E-state index in [4.69, 9.17) is 9.52 Å². The minimum Gasteiger partial charge on any atom is -0.481 e. The van der Waals surface area contributed by atoms with Crippen LogP contribution in [0.5, 0.6) is 0 Å². The second-order valence-electron chi connectivity index (χ2n) is 5.62. The quantitative estimate of drug-likeness (QED) is 0.374. The number of furan rings is 1. The van der Waals surface area contributed by atoms with Crippen molar-refractivity contribution in [3.8, 4) is 23.4 Å². The molecule has 2 heterocycles. The fraction of sp³-hybridized carbons (Fsp3) is 0.136. The van der Waals surface area contributed by atoms with Gasteiger partial charge in [0.25, 0.3) is 0 Å². The molecule has 0 atom stereocenters. The van der Waals surface area contributed by atoms with Gasteiger partial charge in [0, 0.05) is 5.56 Å². The average Bonchev–Trinajstić information content (AvgIpc) is 3.41. The number of aromatic nitrogens is 3. The van der Waals surface area contributed by atoms with E-state index in [0.717, 1.165) is 22.7 Å². The number of hydrogen-bond donors (Lipinski definition) is 2. The number of benzene rings is 2. The highest BCUT2D eigenvalue weighted by Crippen LogP contribution is 2.21. The van der Waals surface area contributed by atoms with Gasteiger partial charge >= 0.3 is 5.97 Å². The van der Waals surface area contributed by atoms with Crippen LogP contribution in [0.25, 0.3) is 22.4 Å². The number of H-pyrrole nitrogens is 1. The Morgan fingerprint density at radius 2 is 1.90 bits per heavy atom. The summed E-state index contributed by atoms with van der Waals surface area (Å²) in [4.78, 5) is 14.8. The standard InChI is InChI=1S/C20H13N3O3S.C2H6/c24-18(25)12-27-20-21-19(22-23-20)17-10-9-16(26-17)8-6-13-5-7-14-3-1-2-4-15(14)11-13;1-2/h1-5,7,9-11H,12H2,(H,24,25)(H,21,22,23);1-2H3. The number of nitrogens with one attached hydrogen (secondary N) is 1. The molecule has 0 aliphatic heterocycles. The fourth-order valence-corrected chi connectivity index (χ4v) is 3.00. The van der Waals surface area contributed by atoms with Gasteiger partial charge in [-0.25, -0.2) is 0 Å². The van der Waals surface area contributed by atoms with E-state index < -0.39 is 5.97 Å². The smallest absolute Gasteiger partial charge is 0.313 e. The molecule has 4 aromatic rings. The van der Waals surface area contributed by atoms with Crippen LogP contribution in [0.2, 0.25) is 0 Å². The number of thioether (sulfide) groups is 1. The molecule has 0 aliphatic rings. The summed E-state index contributed by atoms with van der Waals surface area (Å²) in [5.41, 5.74) is 0.902. The first-order valence-corrected chi connectivity index (χ1v) is 10.0. The normalized spacial score (nSPS) is 10.0. The third kappa shape index (κ3) is 5.27. The van der Waals surface area contributed by atoms with Crippen molar-refractivity contribution in [3.05, 3.63) is 65.9 Å². The molecular formula is C22H19N3O3S. The molecule has 0 saturated heterocycles. The number of hydrogen-bond acceptors (Lipinski definition) is 5. The van der Waals surface area contributed by atoms with Crippen LogP contribution in [-0.2, 0) is 4.79 Å². The maximum absolute atomic E-state index is 10.6. The van der Waals surface area contributed by atoms with Crippen LogP contribution in [0.15, 0.2) is 64.2 Å². The van der Waals surface area contributed by atoms with E-state index in [1.165, 1.54) is 5.39 Å². The van der Waals surface area contributed by atoms with Crippen molar-refractivity contribution in [1.29, 1.82) is 0 Å². The molecule has 29 heavy (non-hydrogen) atoms. The molecule has 0 unspecified atom stereocenters. The van der Waals surface area contributed by atoms with E-state index in [9.17, 15) is 4.79 Å². The molecule has 7 heteroatoms. The first-order chi connectivity index (χ1) is 14.2. The highest BCUT2D eigenvalue weighted by Gasteiger charge is 2.11. The van der Waals surface area contributed by atoms with E-state index in [0.29, 0.717) is 22.5 Å². The molecule has 0 aliphatic carbocycles. The summed E-state index contributed by atoms with van der Waals surface area (Å²) in [6.07, 6.45) is 0. The highest BCUT2D eigenvalue weighted by molar-refractivity contribution is 7.99. The maximum atomic E-state index is 10.6. The number of nitrogens with zero attached hydrogens (tertiary/aromatic N) is 2. The molecule has 2 N–H and O–H groups in total. The Labute approximate surface area is 172 Å².